The third kappa shape index (κ3) is 2.36. The monoisotopic (exact) mass is 337 g/mol. The Balaban J connectivity index is 1.83. The maximum absolute atomic E-state index is 12.2. The highest BCUT2D eigenvalue weighted by Gasteiger charge is 2.17. The van der Waals surface area contributed by atoms with Crippen molar-refractivity contribution in [1.82, 2.24) is 9.78 Å². The molecule has 2 aromatic rings. The van der Waals surface area contributed by atoms with Crippen molar-refractivity contribution in [2.75, 3.05) is 18.5 Å². The summed E-state index contributed by atoms with van der Waals surface area (Å²) in [5.41, 5.74) is 1.10. The number of carbonyl (C=O) groups excluding carboxylic acids is 1. The molecule has 0 radical (unpaired) electrons. The van der Waals surface area contributed by atoms with Crippen molar-refractivity contribution in [3.05, 3.63) is 34.6 Å². The van der Waals surface area contributed by atoms with Gasteiger partial charge in [0, 0.05) is 18.8 Å². The van der Waals surface area contributed by atoms with Crippen molar-refractivity contribution in [2.24, 2.45) is 7.05 Å². The van der Waals surface area contributed by atoms with Gasteiger partial charge in [0.05, 0.1) is 10.7 Å². The van der Waals surface area contributed by atoms with E-state index < -0.39 is 0 Å². The fraction of sp³-hybridized carbons (Fsp3) is 0.231. The average molecular weight is 338 g/mol. The lowest BCUT2D eigenvalue weighted by Gasteiger charge is -2.19. The summed E-state index contributed by atoms with van der Waals surface area (Å²) in [6.45, 7) is 1.05. The van der Waals surface area contributed by atoms with Crippen molar-refractivity contribution in [3.8, 4) is 11.5 Å². The van der Waals surface area contributed by atoms with Crippen LogP contribution in [0.2, 0.25) is 0 Å². The predicted molar refractivity (Wildman–Crippen MR) is 76.3 cm³/mol. The summed E-state index contributed by atoms with van der Waals surface area (Å²) < 4.78 is 13.1. The van der Waals surface area contributed by atoms with Gasteiger partial charge in [-0.25, -0.2) is 0 Å². The molecule has 7 heteroatoms. The van der Waals surface area contributed by atoms with E-state index in [0.717, 1.165) is 0 Å². The molecule has 1 aliphatic rings. The predicted octanol–water partition coefficient (Wildman–Crippen LogP) is 2.21. The Kier molecular flexibility index (Phi) is 3.35. The van der Waals surface area contributed by atoms with Crippen molar-refractivity contribution >= 4 is 27.5 Å². The Morgan fingerprint density at radius 3 is 2.80 bits per heavy atom. The van der Waals surface area contributed by atoms with E-state index in [1.54, 1.807) is 31.4 Å². The molecule has 1 aliphatic heterocycles. The number of hydrogen-bond acceptors (Lipinski definition) is 4. The molecule has 0 aliphatic carbocycles. The van der Waals surface area contributed by atoms with E-state index in [4.69, 9.17) is 9.47 Å². The van der Waals surface area contributed by atoms with Crippen LogP contribution in [0.1, 0.15) is 10.5 Å². The third-order valence-electron chi connectivity index (χ3n) is 2.91. The van der Waals surface area contributed by atoms with Crippen LogP contribution < -0.4 is 14.8 Å². The number of halogens is 1. The van der Waals surface area contributed by atoms with E-state index >= 15 is 0 Å². The number of hydrogen-bond donors (Lipinski definition) is 1. The molecule has 0 unspecified atom stereocenters. The Bertz CT molecular complexity index is 649. The highest BCUT2D eigenvalue weighted by Crippen LogP contribution is 2.32. The summed E-state index contributed by atoms with van der Waals surface area (Å²) in [6.07, 6.45) is 1.58. The van der Waals surface area contributed by atoms with Gasteiger partial charge in [-0.05, 0) is 28.1 Å². The van der Waals surface area contributed by atoms with Gasteiger partial charge in [0.2, 0.25) is 0 Å². The number of aryl methyl sites for hydroxylation is 1. The smallest absolute Gasteiger partial charge is 0.275 e. The molecule has 6 nitrogen and oxygen atoms in total. The summed E-state index contributed by atoms with van der Waals surface area (Å²) in [7, 11) is 1.71. The summed E-state index contributed by atoms with van der Waals surface area (Å²) >= 11 is 3.30. The maximum Gasteiger partial charge on any atom is 0.275 e. The van der Waals surface area contributed by atoms with Gasteiger partial charge in [-0.1, -0.05) is 0 Å². The number of nitrogens with zero attached hydrogens (tertiary/aromatic N) is 2. The zero-order valence-corrected chi connectivity index (χ0v) is 12.3. The standard InChI is InChI=1S/C13H12BrN3O3/c1-17-12(9(14)7-15-17)13(18)16-8-2-3-10-11(6-8)20-5-4-19-10/h2-3,6-7H,4-5H2,1H3,(H,16,18). The second-order valence-corrected chi connectivity index (χ2v) is 5.13. The number of carbonyl (C=O) groups is 1. The Morgan fingerprint density at radius 1 is 1.35 bits per heavy atom. The molecule has 20 heavy (non-hydrogen) atoms. The van der Waals surface area contributed by atoms with Crippen molar-refractivity contribution in [1.29, 1.82) is 0 Å². The second-order valence-electron chi connectivity index (χ2n) is 4.28. The molecule has 0 spiro atoms. The van der Waals surface area contributed by atoms with Crippen LogP contribution in [0.5, 0.6) is 11.5 Å². The van der Waals surface area contributed by atoms with E-state index in [9.17, 15) is 4.79 Å². The molecule has 2 heterocycles. The molecule has 0 atom stereocenters. The van der Waals surface area contributed by atoms with Gasteiger partial charge >= 0.3 is 0 Å². The molecule has 0 bridgehead atoms. The minimum atomic E-state index is -0.242. The number of benzene rings is 1. The molecule has 0 fully saturated rings. The Morgan fingerprint density at radius 2 is 2.10 bits per heavy atom. The van der Waals surface area contributed by atoms with Gasteiger partial charge in [0.1, 0.15) is 18.9 Å². The maximum atomic E-state index is 12.2. The normalized spacial score (nSPS) is 13.1. The van der Waals surface area contributed by atoms with E-state index in [1.807, 2.05) is 0 Å². The first-order valence-electron chi connectivity index (χ1n) is 6.03. The lowest BCUT2D eigenvalue weighted by Crippen LogP contribution is -2.18. The number of ether oxygens (including phenoxy) is 2. The van der Waals surface area contributed by atoms with Crippen LogP contribution in [-0.2, 0) is 7.05 Å². The van der Waals surface area contributed by atoms with Gasteiger partial charge in [0.15, 0.2) is 11.5 Å². The highest BCUT2D eigenvalue weighted by molar-refractivity contribution is 9.10. The molecule has 1 aromatic heterocycles. The van der Waals surface area contributed by atoms with E-state index in [-0.39, 0.29) is 5.91 Å². The van der Waals surface area contributed by atoms with Gasteiger partial charge in [-0.2, -0.15) is 5.10 Å². The molecular formula is C13H12BrN3O3. The van der Waals surface area contributed by atoms with E-state index in [1.165, 1.54) is 4.68 Å². The first-order chi connectivity index (χ1) is 9.65. The molecule has 1 N–H and O–H groups in total. The summed E-state index contributed by atoms with van der Waals surface area (Å²) in [4.78, 5) is 12.2. The largest absolute Gasteiger partial charge is 0.486 e. The molecule has 0 saturated carbocycles. The van der Waals surface area contributed by atoms with Gasteiger partial charge in [-0.3, -0.25) is 9.48 Å². The molecule has 1 aromatic carbocycles. The minimum Gasteiger partial charge on any atom is -0.486 e. The molecule has 1 amide bonds. The zero-order chi connectivity index (χ0) is 14.1. The van der Waals surface area contributed by atoms with Crippen LogP contribution >= 0.6 is 15.9 Å². The fourth-order valence-electron chi connectivity index (χ4n) is 1.98. The summed E-state index contributed by atoms with van der Waals surface area (Å²) in [5, 5.41) is 6.82. The van der Waals surface area contributed by atoms with Crippen molar-refractivity contribution < 1.29 is 14.3 Å². The topological polar surface area (TPSA) is 65.4 Å². The fourth-order valence-corrected chi connectivity index (χ4v) is 2.51. The van der Waals surface area contributed by atoms with E-state index in [2.05, 4.69) is 26.3 Å². The molecule has 104 valence electrons. The highest BCUT2D eigenvalue weighted by atomic mass is 79.9. The zero-order valence-electron chi connectivity index (χ0n) is 10.7. The summed E-state index contributed by atoms with van der Waals surface area (Å²) in [5.74, 6) is 1.09. The SMILES string of the molecule is Cn1ncc(Br)c1C(=O)Nc1ccc2c(c1)OCCO2. The third-order valence-corrected chi connectivity index (χ3v) is 3.49. The first-order valence-corrected chi connectivity index (χ1v) is 6.83. The van der Waals surface area contributed by atoms with E-state index in [0.29, 0.717) is 40.6 Å². The van der Waals surface area contributed by atoms with Crippen LogP contribution in [0.15, 0.2) is 28.9 Å². The van der Waals surface area contributed by atoms with Crippen LogP contribution in [0.3, 0.4) is 0 Å². The van der Waals surface area contributed by atoms with Gasteiger partial charge in [-0.15, -0.1) is 0 Å². The number of nitrogens with one attached hydrogen (secondary N) is 1. The first kappa shape index (κ1) is 13.0. The molecule has 3 rings (SSSR count). The number of aromatic nitrogens is 2. The van der Waals surface area contributed by atoms with Crippen molar-refractivity contribution in [2.45, 2.75) is 0 Å². The minimum absolute atomic E-state index is 0.242. The molecule has 0 saturated heterocycles. The Hall–Kier alpha value is -2.02. The Labute approximate surface area is 123 Å². The summed E-state index contributed by atoms with van der Waals surface area (Å²) in [6, 6.07) is 5.30. The lowest BCUT2D eigenvalue weighted by molar-refractivity contribution is 0.101. The van der Waals surface area contributed by atoms with Crippen LogP contribution in [0.25, 0.3) is 0 Å². The number of fused-ring (bicyclic) bond motifs is 1. The van der Waals surface area contributed by atoms with Gasteiger partial charge in [0.25, 0.3) is 5.91 Å². The second kappa shape index (κ2) is 5.16. The van der Waals surface area contributed by atoms with Crippen LogP contribution in [-0.4, -0.2) is 28.9 Å². The van der Waals surface area contributed by atoms with Gasteiger partial charge < -0.3 is 14.8 Å². The quantitative estimate of drug-likeness (QED) is 0.912. The average Bonchev–Trinajstić information content (AvgIpc) is 2.78. The number of amides is 1. The van der Waals surface area contributed by atoms with Crippen LogP contribution in [0, 0.1) is 0 Å². The number of rotatable bonds is 2. The van der Waals surface area contributed by atoms with Crippen molar-refractivity contribution in [3.63, 3.8) is 0 Å². The molecular weight excluding hydrogens is 326 g/mol. The number of anilines is 1. The van der Waals surface area contributed by atoms with Crippen LogP contribution in [0.4, 0.5) is 5.69 Å². The lowest BCUT2D eigenvalue weighted by atomic mass is 10.2.